The molecule has 5 nitrogen and oxygen atoms in total. The normalized spacial score (nSPS) is 19.9. The van der Waals surface area contributed by atoms with Gasteiger partial charge in [-0.15, -0.1) is 0 Å². The Morgan fingerprint density at radius 2 is 2.00 bits per heavy atom. The monoisotopic (exact) mass is 293 g/mol. The molecule has 20 heavy (non-hydrogen) atoms. The zero-order valence-electron chi connectivity index (χ0n) is 10.6. The fourth-order valence-electron chi connectivity index (χ4n) is 2.16. The van der Waals surface area contributed by atoms with Crippen LogP contribution in [-0.4, -0.2) is 25.0 Å². The van der Waals surface area contributed by atoms with Gasteiger partial charge < -0.3 is 9.47 Å². The first-order chi connectivity index (χ1) is 9.63. The number of fused-ring (bicyclic) bond motifs is 1. The Morgan fingerprint density at radius 1 is 1.20 bits per heavy atom. The molecule has 2 heterocycles. The number of ether oxygens (including phenoxy) is 2. The van der Waals surface area contributed by atoms with Crippen molar-refractivity contribution in [1.29, 1.82) is 0 Å². The van der Waals surface area contributed by atoms with Gasteiger partial charge in [-0.25, -0.2) is 0 Å². The molecule has 2 aliphatic rings. The molecule has 104 valence electrons. The number of carbonyl (C=O) groups is 2. The molecule has 0 spiro atoms. The summed E-state index contributed by atoms with van der Waals surface area (Å²) in [5, 5.41) is 2.67. The van der Waals surface area contributed by atoms with Gasteiger partial charge in [-0.3, -0.25) is 14.9 Å². The third-order valence-corrected chi connectivity index (χ3v) is 3.34. The van der Waals surface area contributed by atoms with Crippen LogP contribution in [0.2, 0.25) is 5.02 Å². The SMILES string of the molecule is O=C1CC(=Cc2cc(Cl)c3c(c2)OCCCO3)C(=O)N1. The third-order valence-electron chi connectivity index (χ3n) is 3.06. The first kappa shape index (κ1) is 13.0. The van der Waals surface area contributed by atoms with E-state index < -0.39 is 0 Å². The molecule has 1 aromatic carbocycles. The molecule has 0 atom stereocenters. The van der Waals surface area contributed by atoms with E-state index in [9.17, 15) is 9.59 Å². The summed E-state index contributed by atoms with van der Waals surface area (Å²) in [5.41, 5.74) is 1.12. The number of imide groups is 1. The van der Waals surface area contributed by atoms with Crippen molar-refractivity contribution in [2.45, 2.75) is 12.8 Å². The highest BCUT2D eigenvalue weighted by Crippen LogP contribution is 2.38. The average molecular weight is 294 g/mol. The molecule has 3 rings (SSSR count). The average Bonchev–Trinajstić information content (AvgIpc) is 2.61. The summed E-state index contributed by atoms with van der Waals surface area (Å²) in [4.78, 5) is 22.7. The van der Waals surface area contributed by atoms with Gasteiger partial charge in [0.25, 0.3) is 5.91 Å². The zero-order chi connectivity index (χ0) is 14.1. The molecule has 1 fully saturated rings. The van der Waals surface area contributed by atoms with Gasteiger partial charge in [0, 0.05) is 12.0 Å². The van der Waals surface area contributed by atoms with E-state index >= 15 is 0 Å². The van der Waals surface area contributed by atoms with E-state index in [0.717, 1.165) is 6.42 Å². The van der Waals surface area contributed by atoms with Crippen LogP contribution in [0.1, 0.15) is 18.4 Å². The van der Waals surface area contributed by atoms with Crippen LogP contribution in [0.5, 0.6) is 11.5 Å². The lowest BCUT2D eigenvalue weighted by molar-refractivity contribution is -0.124. The highest BCUT2D eigenvalue weighted by molar-refractivity contribution is 6.32. The molecule has 2 amide bonds. The Bertz CT molecular complexity index is 624. The molecule has 0 bridgehead atoms. The number of hydrogen-bond acceptors (Lipinski definition) is 4. The predicted molar refractivity (Wildman–Crippen MR) is 72.8 cm³/mol. The summed E-state index contributed by atoms with van der Waals surface area (Å²) in [6, 6.07) is 3.45. The lowest BCUT2D eigenvalue weighted by atomic mass is 10.1. The topological polar surface area (TPSA) is 64.6 Å². The summed E-state index contributed by atoms with van der Waals surface area (Å²) in [6.07, 6.45) is 2.52. The van der Waals surface area contributed by atoms with Gasteiger partial charge in [0.2, 0.25) is 5.91 Å². The molecule has 6 heteroatoms. The van der Waals surface area contributed by atoms with Crippen molar-refractivity contribution in [2.24, 2.45) is 0 Å². The second kappa shape index (κ2) is 5.17. The Hall–Kier alpha value is -2.01. The first-order valence-electron chi connectivity index (χ1n) is 6.27. The molecule has 1 aromatic rings. The van der Waals surface area contributed by atoms with E-state index in [1.165, 1.54) is 0 Å². The van der Waals surface area contributed by atoms with Crippen LogP contribution < -0.4 is 14.8 Å². The van der Waals surface area contributed by atoms with E-state index in [1.807, 2.05) is 0 Å². The number of halogens is 1. The van der Waals surface area contributed by atoms with Gasteiger partial charge in [-0.05, 0) is 23.8 Å². The first-order valence-corrected chi connectivity index (χ1v) is 6.65. The van der Waals surface area contributed by atoms with Crippen molar-refractivity contribution in [3.8, 4) is 11.5 Å². The predicted octanol–water partition coefficient (Wildman–Crippen LogP) is 1.93. The maximum Gasteiger partial charge on any atom is 0.254 e. The van der Waals surface area contributed by atoms with E-state index in [4.69, 9.17) is 21.1 Å². The van der Waals surface area contributed by atoms with Crippen LogP contribution in [0.15, 0.2) is 17.7 Å². The van der Waals surface area contributed by atoms with E-state index in [0.29, 0.717) is 40.9 Å². The Morgan fingerprint density at radius 3 is 2.75 bits per heavy atom. The van der Waals surface area contributed by atoms with Crippen LogP contribution in [-0.2, 0) is 9.59 Å². The number of carbonyl (C=O) groups excluding carboxylic acids is 2. The van der Waals surface area contributed by atoms with Gasteiger partial charge in [0.15, 0.2) is 11.5 Å². The summed E-state index contributed by atoms with van der Waals surface area (Å²) in [6.45, 7) is 1.12. The van der Waals surface area contributed by atoms with Crippen molar-refractivity contribution in [3.05, 3.63) is 28.3 Å². The fourth-order valence-corrected chi connectivity index (χ4v) is 2.43. The van der Waals surface area contributed by atoms with Gasteiger partial charge in [-0.2, -0.15) is 0 Å². The molecule has 2 aliphatic heterocycles. The number of amides is 2. The molecule has 0 aliphatic carbocycles. The highest BCUT2D eigenvalue weighted by atomic mass is 35.5. The third kappa shape index (κ3) is 2.49. The minimum Gasteiger partial charge on any atom is -0.489 e. The minimum atomic E-state index is -0.363. The number of benzene rings is 1. The molecular weight excluding hydrogens is 282 g/mol. The Kier molecular flexibility index (Phi) is 3.36. The van der Waals surface area contributed by atoms with Crippen LogP contribution in [0.4, 0.5) is 0 Å². The fraction of sp³-hybridized carbons (Fsp3) is 0.286. The van der Waals surface area contributed by atoms with Crippen molar-refractivity contribution in [3.63, 3.8) is 0 Å². The number of nitrogens with one attached hydrogen (secondary N) is 1. The minimum absolute atomic E-state index is 0.0882. The second-order valence-electron chi connectivity index (χ2n) is 4.60. The summed E-state index contributed by atoms with van der Waals surface area (Å²) in [7, 11) is 0. The maximum absolute atomic E-state index is 11.5. The van der Waals surface area contributed by atoms with Crippen LogP contribution in [0.25, 0.3) is 6.08 Å². The van der Waals surface area contributed by atoms with E-state index in [2.05, 4.69) is 5.32 Å². The quantitative estimate of drug-likeness (QED) is 0.635. The van der Waals surface area contributed by atoms with Crippen molar-refractivity contribution < 1.29 is 19.1 Å². The van der Waals surface area contributed by atoms with Crippen molar-refractivity contribution in [2.75, 3.05) is 13.2 Å². The van der Waals surface area contributed by atoms with Gasteiger partial charge >= 0.3 is 0 Å². The summed E-state index contributed by atoms with van der Waals surface area (Å²) < 4.78 is 11.1. The molecule has 1 N–H and O–H groups in total. The molecule has 0 aromatic heterocycles. The number of rotatable bonds is 1. The second-order valence-corrected chi connectivity index (χ2v) is 5.01. The standard InChI is InChI=1S/C14H12ClNO4/c15-10-5-8(4-9-7-12(17)16-14(9)18)6-11-13(10)20-3-1-2-19-11/h4-6H,1-3,7H2,(H,16,17,18). The summed E-state index contributed by atoms with van der Waals surface area (Å²) in [5.74, 6) is 0.435. The van der Waals surface area contributed by atoms with Gasteiger partial charge in [-0.1, -0.05) is 11.6 Å². The molecule has 0 radical (unpaired) electrons. The molecule has 1 saturated heterocycles. The molecule has 0 saturated carbocycles. The van der Waals surface area contributed by atoms with Gasteiger partial charge in [0.05, 0.1) is 24.7 Å². The van der Waals surface area contributed by atoms with E-state index in [1.54, 1.807) is 18.2 Å². The lowest BCUT2D eigenvalue weighted by Gasteiger charge is -2.10. The molecular formula is C14H12ClNO4. The largest absolute Gasteiger partial charge is 0.489 e. The smallest absolute Gasteiger partial charge is 0.254 e. The Balaban J connectivity index is 1.97. The Labute approximate surface area is 120 Å². The number of hydrogen-bond donors (Lipinski definition) is 1. The lowest BCUT2D eigenvalue weighted by Crippen LogP contribution is -2.19. The van der Waals surface area contributed by atoms with Crippen molar-refractivity contribution in [1.82, 2.24) is 5.32 Å². The van der Waals surface area contributed by atoms with Crippen LogP contribution in [0.3, 0.4) is 0 Å². The highest BCUT2D eigenvalue weighted by Gasteiger charge is 2.24. The summed E-state index contributed by atoms with van der Waals surface area (Å²) >= 11 is 6.17. The van der Waals surface area contributed by atoms with Crippen molar-refractivity contribution >= 4 is 29.5 Å². The zero-order valence-corrected chi connectivity index (χ0v) is 11.3. The van der Waals surface area contributed by atoms with Crippen LogP contribution >= 0.6 is 11.6 Å². The molecule has 0 unspecified atom stereocenters. The van der Waals surface area contributed by atoms with Crippen LogP contribution in [0, 0.1) is 0 Å². The van der Waals surface area contributed by atoms with E-state index in [-0.39, 0.29) is 18.2 Å². The van der Waals surface area contributed by atoms with Gasteiger partial charge in [0.1, 0.15) is 0 Å². The maximum atomic E-state index is 11.5.